The first-order valence-electron chi connectivity index (χ1n) is 8.84. The zero-order valence-electron chi connectivity index (χ0n) is 13.9. The summed E-state index contributed by atoms with van der Waals surface area (Å²) in [5.41, 5.74) is 0. The van der Waals surface area contributed by atoms with Crippen LogP contribution in [0.3, 0.4) is 0 Å². The van der Waals surface area contributed by atoms with Crippen molar-refractivity contribution >= 4 is 0 Å². The normalized spacial score (nSPS) is 24.8. The molecule has 0 N–H and O–H groups in total. The van der Waals surface area contributed by atoms with Gasteiger partial charge in [-0.05, 0) is 70.9 Å². The minimum Gasteiger partial charge on any atom is -0.378 e. The minimum absolute atomic E-state index is 0.307. The van der Waals surface area contributed by atoms with Crippen LogP contribution in [0.15, 0.2) is 12.2 Å². The maximum absolute atomic E-state index is 5.65. The van der Waals surface area contributed by atoms with E-state index in [2.05, 4.69) is 30.9 Å². The van der Waals surface area contributed by atoms with Crippen LogP contribution in [-0.4, -0.2) is 50.5 Å². The summed E-state index contributed by atoms with van der Waals surface area (Å²) in [6.45, 7) is 9.98. The van der Waals surface area contributed by atoms with E-state index in [1.165, 1.54) is 45.2 Å². The van der Waals surface area contributed by atoms with Gasteiger partial charge in [-0.25, -0.2) is 0 Å². The topological polar surface area (TPSA) is 21.7 Å². The number of nitrogens with zero attached hydrogens (tertiary/aromatic N) is 1. The molecule has 2 rings (SSSR count). The third-order valence-electron chi connectivity index (χ3n) is 4.76. The maximum atomic E-state index is 5.65. The molecule has 0 aromatic carbocycles. The van der Waals surface area contributed by atoms with Gasteiger partial charge in [0.15, 0.2) is 0 Å². The van der Waals surface area contributed by atoms with Crippen LogP contribution >= 0.6 is 0 Å². The number of hydrogen-bond acceptors (Lipinski definition) is 3. The number of hydrogen-bond donors (Lipinski definition) is 0. The highest BCUT2D eigenvalue weighted by molar-refractivity contribution is 4.96. The lowest BCUT2D eigenvalue weighted by Crippen LogP contribution is -2.38. The Bertz CT molecular complexity index is 296. The Morgan fingerprint density at radius 1 is 1.10 bits per heavy atom. The number of rotatable bonds is 8. The summed E-state index contributed by atoms with van der Waals surface area (Å²) < 4.78 is 11.1. The van der Waals surface area contributed by atoms with Gasteiger partial charge in [-0.1, -0.05) is 12.2 Å². The molecule has 0 aromatic heterocycles. The maximum Gasteiger partial charge on any atom is 0.0703 e. The summed E-state index contributed by atoms with van der Waals surface area (Å²) in [5, 5.41) is 0. The molecule has 1 unspecified atom stereocenters. The van der Waals surface area contributed by atoms with Gasteiger partial charge in [0.05, 0.1) is 25.9 Å². The molecule has 21 heavy (non-hydrogen) atoms. The van der Waals surface area contributed by atoms with Crippen molar-refractivity contribution in [2.75, 3.05) is 39.5 Å². The van der Waals surface area contributed by atoms with Crippen LogP contribution in [0, 0.1) is 11.8 Å². The summed E-state index contributed by atoms with van der Waals surface area (Å²) in [7, 11) is 0. The van der Waals surface area contributed by atoms with E-state index >= 15 is 0 Å². The zero-order chi connectivity index (χ0) is 14.9. The van der Waals surface area contributed by atoms with Gasteiger partial charge in [-0.15, -0.1) is 0 Å². The van der Waals surface area contributed by atoms with Crippen molar-refractivity contribution in [3.8, 4) is 0 Å². The standard InChI is InChI=1S/C18H33NO2/c1-16(2)21-15-14-20-13-12-19-10-8-18(9-11-19)17-6-4-3-5-7-17/h4,6,16-18H,3,5,7-15H2,1-2H3. The lowest BCUT2D eigenvalue weighted by atomic mass is 9.79. The molecule has 1 atom stereocenters. The third-order valence-corrected chi connectivity index (χ3v) is 4.76. The summed E-state index contributed by atoms with van der Waals surface area (Å²) >= 11 is 0. The van der Waals surface area contributed by atoms with Crippen molar-refractivity contribution in [3.63, 3.8) is 0 Å². The predicted molar refractivity (Wildman–Crippen MR) is 87.6 cm³/mol. The molecule has 2 aliphatic rings. The Morgan fingerprint density at radius 3 is 2.57 bits per heavy atom. The fourth-order valence-electron chi connectivity index (χ4n) is 3.47. The van der Waals surface area contributed by atoms with E-state index in [9.17, 15) is 0 Å². The van der Waals surface area contributed by atoms with Crippen molar-refractivity contribution in [2.24, 2.45) is 11.8 Å². The number of ether oxygens (including phenoxy) is 2. The number of likely N-dealkylation sites (tertiary alicyclic amines) is 1. The van der Waals surface area contributed by atoms with E-state index in [-0.39, 0.29) is 0 Å². The highest BCUT2D eigenvalue weighted by Gasteiger charge is 2.25. The van der Waals surface area contributed by atoms with E-state index in [0.29, 0.717) is 12.7 Å². The highest BCUT2D eigenvalue weighted by atomic mass is 16.5. The molecule has 1 heterocycles. The monoisotopic (exact) mass is 295 g/mol. The second kappa shape index (κ2) is 9.60. The van der Waals surface area contributed by atoms with Crippen LogP contribution < -0.4 is 0 Å². The summed E-state index contributed by atoms with van der Waals surface area (Å²) in [4.78, 5) is 2.56. The van der Waals surface area contributed by atoms with Crippen molar-refractivity contribution in [1.29, 1.82) is 0 Å². The Morgan fingerprint density at radius 2 is 1.90 bits per heavy atom. The molecule has 1 aliphatic heterocycles. The van der Waals surface area contributed by atoms with Crippen LogP contribution in [0.4, 0.5) is 0 Å². The van der Waals surface area contributed by atoms with Crippen molar-refractivity contribution in [3.05, 3.63) is 12.2 Å². The van der Waals surface area contributed by atoms with Gasteiger partial charge in [0.25, 0.3) is 0 Å². The lowest BCUT2D eigenvalue weighted by molar-refractivity contribution is 0.0112. The first-order valence-corrected chi connectivity index (χ1v) is 8.84. The average Bonchev–Trinajstić information content (AvgIpc) is 2.52. The quantitative estimate of drug-likeness (QED) is 0.505. The lowest BCUT2D eigenvalue weighted by Gasteiger charge is -2.36. The molecular formula is C18H33NO2. The summed E-state index contributed by atoms with van der Waals surface area (Å²) in [6, 6.07) is 0. The summed E-state index contributed by atoms with van der Waals surface area (Å²) in [6.07, 6.45) is 12.0. The van der Waals surface area contributed by atoms with Gasteiger partial charge in [0, 0.05) is 6.54 Å². The van der Waals surface area contributed by atoms with Crippen LogP contribution in [0.2, 0.25) is 0 Å². The Balaban J connectivity index is 1.51. The molecule has 1 aliphatic carbocycles. The van der Waals surface area contributed by atoms with E-state index in [0.717, 1.165) is 31.6 Å². The molecule has 0 amide bonds. The Hall–Kier alpha value is -0.380. The molecule has 0 bridgehead atoms. The second-order valence-electron chi connectivity index (χ2n) is 6.73. The SMILES string of the molecule is CC(C)OCCOCCN1CCC(C2C=CCCC2)CC1. The molecule has 3 heteroatoms. The summed E-state index contributed by atoms with van der Waals surface area (Å²) in [5.74, 6) is 1.79. The van der Waals surface area contributed by atoms with Gasteiger partial charge < -0.3 is 14.4 Å². The predicted octanol–water partition coefficient (Wildman–Crippen LogP) is 3.50. The molecule has 122 valence electrons. The average molecular weight is 295 g/mol. The Kier molecular flexibility index (Phi) is 7.76. The zero-order valence-corrected chi connectivity index (χ0v) is 13.9. The smallest absolute Gasteiger partial charge is 0.0703 e. The van der Waals surface area contributed by atoms with Gasteiger partial charge >= 0.3 is 0 Å². The molecule has 3 nitrogen and oxygen atoms in total. The van der Waals surface area contributed by atoms with E-state index < -0.39 is 0 Å². The van der Waals surface area contributed by atoms with Crippen molar-refractivity contribution < 1.29 is 9.47 Å². The third kappa shape index (κ3) is 6.50. The fourth-order valence-corrected chi connectivity index (χ4v) is 3.47. The molecule has 0 saturated carbocycles. The van der Waals surface area contributed by atoms with E-state index in [1.54, 1.807) is 0 Å². The molecule has 1 saturated heterocycles. The molecule has 0 aromatic rings. The van der Waals surface area contributed by atoms with Crippen LogP contribution in [0.25, 0.3) is 0 Å². The van der Waals surface area contributed by atoms with E-state index in [4.69, 9.17) is 9.47 Å². The molecule has 0 spiro atoms. The molecule has 0 radical (unpaired) electrons. The first kappa shape index (κ1) is 17.0. The van der Waals surface area contributed by atoms with Crippen LogP contribution in [0.1, 0.15) is 46.0 Å². The molecule has 1 fully saturated rings. The second-order valence-corrected chi connectivity index (χ2v) is 6.73. The van der Waals surface area contributed by atoms with Gasteiger partial charge in [-0.2, -0.15) is 0 Å². The first-order chi connectivity index (χ1) is 10.3. The van der Waals surface area contributed by atoms with Crippen LogP contribution in [0.5, 0.6) is 0 Å². The Labute approximate surface area is 130 Å². The fraction of sp³-hybridized carbons (Fsp3) is 0.889. The number of allylic oxidation sites excluding steroid dienone is 2. The molecular weight excluding hydrogens is 262 g/mol. The van der Waals surface area contributed by atoms with Crippen molar-refractivity contribution in [2.45, 2.75) is 52.1 Å². The van der Waals surface area contributed by atoms with E-state index in [1.807, 2.05) is 0 Å². The van der Waals surface area contributed by atoms with Crippen LogP contribution in [-0.2, 0) is 9.47 Å². The van der Waals surface area contributed by atoms with Gasteiger partial charge in [0.1, 0.15) is 0 Å². The minimum atomic E-state index is 0.307. The van der Waals surface area contributed by atoms with Gasteiger partial charge in [0.2, 0.25) is 0 Å². The van der Waals surface area contributed by atoms with Gasteiger partial charge in [-0.3, -0.25) is 0 Å². The number of piperidine rings is 1. The largest absolute Gasteiger partial charge is 0.378 e. The van der Waals surface area contributed by atoms with Crippen molar-refractivity contribution in [1.82, 2.24) is 4.90 Å². The highest BCUT2D eigenvalue weighted by Crippen LogP contribution is 2.31.